The normalized spacial score (nSPS) is 10.9. The van der Waals surface area contributed by atoms with Gasteiger partial charge in [-0.1, -0.05) is 30.3 Å². The highest BCUT2D eigenvalue weighted by Gasteiger charge is 2.17. The number of hydrogen-bond donors (Lipinski definition) is 1. The molecule has 5 rings (SSSR count). The van der Waals surface area contributed by atoms with Crippen LogP contribution in [0.1, 0.15) is 6.92 Å². The number of fused-ring (bicyclic) bond motifs is 1. The average molecular weight is 424 g/mol. The molecule has 0 aliphatic carbocycles. The Morgan fingerprint density at radius 3 is 2.38 bits per heavy atom. The van der Waals surface area contributed by atoms with Gasteiger partial charge < -0.3 is 14.6 Å². The van der Waals surface area contributed by atoms with Gasteiger partial charge in [0.2, 0.25) is 0 Å². The van der Waals surface area contributed by atoms with Crippen molar-refractivity contribution in [3.8, 4) is 22.6 Å². The van der Waals surface area contributed by atoms with Crippen LogP contribution in [0, 0.1) is 5.82 Å². The van der Waals surface area contributed by atoms with Crippen LogP contribution in [0.2, 0.25) is 0 Å². The zero-order chi connectivity index (χ0) is 21.9. The first-order valence-corrected chi connectivity index (χ1v) is 10.4. The Hall–Kier alpha value is -4.19. The molecular formula is C26H21FN4O. The molecule has 5 aromatic rings. The van der Waals surface area contributed by atoms with E-state index in [-0.39, 0.29) is 5.82 Å². The predicted octanol–water partition coefficient (Wildman–Crippen LogP) is 6.37. The molecule has 32 heavy (non-hydrogen) atoms. The van der Waals surface area contributed by atoms with Gasteiger partial charge in [-0.2, -0.15) is 0 Å². The van der Waals surface area contributed by atoms with Gasteiger partial charge in [0.15, 0.2) is 5.65 Å². The van der Waals surface area contributed by atoms with E-state index in [0.29, 0.717) is 12.4 Å². The van der Waals surface area contributed by atoms with Crippen LogP contribution in [0.5, 0.6) is 5.75 Å². The number of nitrogens with one attached hydrogen (secondary N) is 1. The Bertz CT molecular complexity index is 1350. The van der Waals surface area contributed by atoms with Crippen LogP contribution in [0.3, 0.4) is 0 Å². The molecule has 0 spiro atoms. The molecule has 158 valence electrons. The Morgan fingerprint density at radius 1 is 0.906 bits per heavy atom. The fourth-order valence-electron chi connectivity index (χ4n) is 3.73. The molecule has 0 aliphatic rings. The number of rotatable bonds is 6. The highest BCUT2D eigenvalue weighted by Crippen LogP contribution is 2.36. The maximum Gasteiger partial charge on any atom is 0.150 e. The van der Waals surface area contributed by atoms with E-state index >= 15 is 0 Å². The first-order chi connectivity index (χ1) is 15.7. The molecule has 2 heterocycles. The van der Waals surface area contributed by atoms with Crippen molar-refractivity contribution >= 4 is 22.5 Å². The molecule has 0 aliphatic heterocycles. The first kappa shape index (κ1) is 19.8. The maximum absolute atomic E-state index is 13.5. The van der Waals surface area contributed by atoms with Gasteiger partial charge in [-0.05, 0) is 61.0 Å². The van der Waals surface area contributed by atoms with Crippen molar-refractivity contribution in [2.75, 3.05) is 11.9 Å². The van der Waals surface area contributed by atoms with Crippen molar-refractivity contribution in [2.45, 2.75) is 6.92 Å². The smallest absolute Gasteiger partial charge is 0.150 e. The number of aromatic nitrogens is 3. The van der Waals surface area contributed by atoms with Gasteiger partial charge in [0.05, 0.1) is 12.0 Å². The van der Waals surface area contributed by atoms with Crippen LogP contribution in [0.25, 0.3) is 27.8 Å². The molecular weight excluding hydrogens is 403 g/mol. The number of hydrogen-bond acceptors (Lipinski definition) is 4. The van der Waals surface area contributed by atoms with Crippen molar-refractivity contribution in [3.05, 3.63) is 97.2 Å². The minimum absolute atomic E-state index is 0.277. The van der Waals surface area contributed by atoms with Crippen LogP contribution in [0.15, 0.2) is 91.4 Å². The van der Waals surface area contributed by atoms with Crippen molar-refractivity contribution < 1.29 is 9.13 Å². The summed E-state index contributed by atoms with van der Waals surface area (Å²) in [5.41, 5.74) is 4.48. The van der Waals surface area contributed by atoms with Gasteiger partial charge in [0.1, 0.15) is 23.7 Å². The van der Waals surface area contributed by atoms with Gasteiger partial charge in [-0.25, -0.2) is 14.4 Å². The quantitative estimate of drug-likeness (QED) is 0.344. The average Bonchev–Trinajstić information content (AvgIpc) is 3.22. The van der Waals surface area contributed by atoms with Gasteiger partial charge in [-0.3, -0.25) is 0 Å². The van der Waals surface area contributed by atoms with Gasteiger partial charge in [0.25, 0.3) is 0 Å². The van der Waals surface area contributed by atoms with Crippen LogP contribution in [-0.2, 0) is 0 Å². The first-order valence-electron chi connectivity index (χ1n) is 10.4. The molecule has 3 aromatic carbocycles. The number of nitrogens with zero attached hydrogens (tertiary/aromatic N) is 3. The lowest BCUT2D eigenvalue weighted by atomic mass is 10.1. The van der Waals surface area contributed by atoms with Crippen LogP contribution in [-0.4, -0.2) is 21.1 Å². The molecule has 0 saturated carbocycles. The molecule has 6 heteroatoms. The third-order valence-electron chi connectivity index (χ3n) is 5.20. The standard InChI is InChI=1S/C26H21FN4O/c1-2-32-22-14-10-20(11-15-22)30-25-24-23(18-6-4-3-5-7-18)16-31(26(24)29-17-28-25)21-12-8-19(27)9-13-21/h3-17H,2H2,1H3,(H,28,29,30). The summed E-state index contributed by atoms with van der Waals surface area (Å²) in [4.78, 5) is 9.11. The lowest BCUT2D eigenvalue weighted by Crippen LogP contribution is -1.98. The molecule has 0 amide bonds. The lowest BCUT2D eigenvalue weighted by Gasteiger charge is -2.10. The van der Waals surface area contributed by atoms with E-state index in [2.05, 4.69) is 27.4 Å². The van der Waals surface area contributed by atoms with Crippen molar-refractivity contribution in [1.29, 1.82) is 0 Å². The SMILES string of the molecule is CCOc1ccc(Nc2ncnc3c2c(-c2ccccc2)cn3-c2ccc(F)cc2)cc1. The van der Waals surface area contributed by atoms with E-state index in [4.69, 9.17) is 4.74 Å². The fourth-order valence-corrected chi connectivity index (χ4v) is 3.73. The molecule has 0 atom stereocenters. The number of halogens is 1. The Kier molecular flexibility index (Phi) is 5.25. The lowest BCUT2D eigenvalue weighted by molar-refractivity contribution is 0.340. The van der Waals surface area contributed by atoms with E-state index in [9.17, 15) is 4.39 Å². The highest BCUT2D eigenvalue weighted by molar-refractivity contribution is 6.03. The molecule has 0 fully saturated rings. The summed E-state index contributed by atoms with van der Waals surface area (Å²) in [6.45, 7) is 2.58. The second kappa shape index (κ2) is 8.51. The molecule has 1 N–H and O–H groups in total. The molecule has 5 nitrogen and oxygen atoms in total. The van der Waals surface area contributed by atoms with Gasteiger partial charge >= 0.3 is 0 Å². The zero-order valence-electron chi connectivity index (χ0n) is 17.5. The van der Waals surface area contributed by atoms with Crippen molar-refractivity contribution in [2.24, 2.45) is 0 Å². The third kappa shape index (κ3) is 3.78. The van der Waals surface area contributed by atoms with Gasteiger partial charge in [0, 0.05) is 23.1 Å². The summed E-state index contributed by atoms with van der Waals surface area (Å²) in [5.74, 6) is 1.23. The highest BCUT2D eigenvalue weighted by atomic mass is 19.1. The second-order valence-corrected chi connectivity index (χ2v) is 7.26. The number of anilines is 2. The predicted molar refractivity (Wildman–Crippen MR) is 125 cm³/mol. The van der Waals surface area contributed by atoms with E-state index in [1.807, 2.05) is 60.2 Å². The van der Waals surface area contributed by atoms with Gasteiger partial charge in [-0.15, -0.1) is 0 Å². The molecule has 2 aromatic heterocycles. The minimum Gasteiger partial charge on any atom is -0.494 e. The molecule has 0 radical (unpaired) electrons. The summed E-state index contributed by atoms with van der Waals surface area (Å²) in [5, 5.41) is 4.31. The molecule has 0 bridgehead atoms. The van der Waals surface area contributed by atoms with Crippen LogP contribution in [0.4, 0.5) is 15.9 Å². The largest absolute Gasteiger partial charge is 0.494 e. The minimum atomic E-state index is -0.277. The second-order valence-electron chi connectivity index (χ2n) is 7.26. The summed E-state index contributed by atoms with van der Waals surface area (Å²) < 4.78 is 21.0. The summed E-state index contributed by atoms with van der Waals surface area (Å²) in [6.07, 6.45) is 3.55. The fraction of sp³-hybridized carbons (Fsp3) is 0.0769. The van der Waals surface area contributed by atoms with E-state index in [1.165, 1.54) is 18.5 Å². The topological polar surface area (TPSA) is 52.0 Å². The Balaban J connectivity index is 1.66. The zero-order valence-corrected chi connectivity index (χ0v) is 17.5. The summed E-state index contributed by atoms with van der Waals surface area (Å²) in [7, 11) is 0. The Morgan fingerprint density at radius 2 is 1.66 bits per heavy atom. The maximum atomic E-state index is 13.5. The summed E-state index contributed by atoms with van der Waals surface area (Å²) in [6, 6.07) is 24.2. The molecule has 0 unspecified atom stereocenters. The number of ether oxygens (including phenoxy) is 1. The van der Waals surface area contributed by atoms with E-state index in [1.54, 1.807) is 12.1 Å². The monoisotopic (exact) mass is 424 g/mol. The van der Waals surface area contributed by atoms with Crippen molar-refractivity contribution in [1.82, 2.24) is 14.5 Å². The summed E-state index contributed by atoms with van der Waals surface area (Å²) >= 11 is 0. The number of benzene rings is 3. The van der Waals surface area contributed by atoms with Crippen LogP contribution >= 0.6 is 0 Å². The van der Waals surface area contributed by atoms with Crippen LogP contribution < -0.4 is 10.1 Å². The van der Waals surface area contributed by atoms with Crippen molar-refractivity contribution in [3.63, 3.8) is 0 Å². The van der Waals surface area contributed by atoms with E-state index < -0.39 is 0 Å². The third-order valence-corrected chi connectivity index (χ3v) is 5.20. The van der Waals surface area contributed by atoms with E-state index in [0.717, 1.165) is 39.3 Å². The molecule has 0 saturated heterocycles. The Labute approximate surface area is 185 Å².